The highest BCUT2D eigenvalue weighted by Gasteiger charge is 2.24. The number of carbonyl (C=O) groups excluding carboxylic acids is 1. The van der Waals surface area contributed by atoms with Gasteiger partial charge in [-0.2, -0.15) is 0 Å². The largest absolute Gasteiger partial charge is 0.492 e. The minimum absolute atomic E-state index is 0.0657. The number of carbonyl (C=O) groups is 1. The molecule has 0 aliphatic rings. The number of rotatable bonds is 10. The van der Waals surface area contributed by atoms with E-state index in [0.717, 1.165) is 21.9 Å². The van der Waals surface area contributed by atoms with Gasteiger partial charge >= 0.3 is 0 Å². The Kier molecular flexibility index (Phi) is 8.33. The molecule has 0 saturated carbocycles. The van der Waals surface area contributed by atoms with Crippen LogP contribution in [0.3, 0.4) is 0 Å². The van der Waals surface area contributed by atoms with E-state index in [4.69, 9.17) is 9.47 Å². The van der Waals surface area contributed by atoms with Crippen molar-refractivity contribution in [3.05, 3.63) is 54.1 Å². The van der Waals surface area contributed by atoms with Crippen LogP contribution < -0.4 is 19.1 Å². The Morgan fingerprint density at radius 3 is 2.23 bits per heavy atom. The van der Waals surface area contributed by atoms with Gasteiger partial charge in [-0.15, -0.1) is 0 Å². The molecular weight excluding hydrogens is 416 g/mol. The van der Waals surface area contributed by atoms with Crippen molar-refractivity contribution in [3.8, 4) is 11.5 Å². The third kappa shape index (κ3) is 7.17. The third-order valence-corrected chi connectivity index (χ3v) is 5.62. The molecular formula is C23H32N2O5S. The molecule has 0 fully saturated rings. The number of nitrogens with one attached hydrogen (secondary N) is 1. The van der Waals surface area contributed by atoms with E-state index in [1.165, 1.54) is 0 Å². The Morgan fingerprint density at radius 2 is 1.61 bits per heavy atom. The van der Waals surface area contributed by atoms with E-state index in [2.05, 4.69) is 26.1 Å². The first kappa shape index (κ1) is 24.5. The molecule has 31 heavy (non-hydrogen) atoms. The van der Waals surface area contributed by atoms with Crippen molar-refractivity contribution in [2.24, 2.45) is 0 Å². The number of nitrogens with zero attached hydrogens (tertiary/aromatic N) is 1. The lowest BCUT2D eigenvalue weighted by molar-refractivity contribution is -0.119. The summed E-state index contributed by atoms with van der Waals surface area (Å²) in [4.78, 5) is 12.5. The fourth-order valence-electron chi connectivity index (χ4n) is 3.07. The molecule has 0 unspecified atom stereocenters. The molecule has 1 amide bonds. The molecule has 0 aliphatic heterocycles. The van der Waals surface area contributed by atoms with Crippen LogP contribution in [-0.4, -0.2) is 46.9 Å². The number of anilines is 1. The first-order chi connectivity index (χ1) is 14.5. The number of para-hydroxylation sites is 3. The van der Waals surface area contributed by atoms with Gasteiger partial charge < -0.3 is 14.8 Å². The molecule has 0 radical (unpaired) electrons. The van der Waals surface area contributed by atoms with Crippen LogP contribution in [0.5, 0.6) is 11.5 Å². The molecule has 0 bridgehead atoms. The highest BCUT2D eigenvalue weighted by atomic mass is 32.2. The van der Waals surface area contributed by atoms with Gasteiger partial charge in [0.05, 0.1) is 25.1 Å². The summed E-state index contributed by atoms with van der Waals surface area (Å²) in [5.41, 5.74) is 1.35. The molecule has 2 aromatic carbocycles. The Labute approximate surface area is 185 Å². The van der Waals surface area contributed by atoms with E-state index in [-0.39, 0.29) is 25.1 Å². The number of ether oxygens (including phenoxy) is 2. The van der Waals surface area contributed by atoms with Gasteiger partial charge in [0, 0.05) is 0 Å². The van der Waals surface area contributed by atoms with Crippen LogP contribution in [0.4, 0.5) is 5.69 Å². The predicted molar refractivity (Wildman–Crippen MR) is 123 cm³/mol. The topological polar surface area (TPSA) is 84.9 Å². The fourth-order valence-corrected chi connectivity index (χ4v) is 3.93. The van der Waals surface area contributed by atoms with Gasteiger partial charge in [-0.3, -0.25) is 9.10 Å². The maximum Gasteiger partial charge on any atom is 0.240 e. The number of hydrogen-bond donors (Lipinski definition) is 1. The fraction of sp³-hybridized carbons (Fsp3) is 0.435. The Bertz CT molecular complexity index is 983. The van der Waals surface area contributed by atoms with E-state index in [1.54, 1.807) is 24.3 Å². The van der Waals surface area contributed by atoms with Gasteiger partial charge in [0.1, 0.15) is 24.7 Å². The van der Waals surface area contributed by atoms with Crippen molar-refractivity contribution in [2.75, 3.05) is 36.9 Å². The standard InChI is InChI=1S/C23H32N2O5S/c1-6-29-21-14-10-8-12-19(21)25(31(5,27)28)17-22(26)24-15-16-30-20-13-9-7-11-18(20)23(2,3)4/h7-14H,6,15-17H2,1-5H3,(H,24,26). The summed E-state index contributed by atoms with van der Waals surface area (Å²) in [6.07, 6.45) is 1.07. The van der Waals surface area contributed by atoms with Gasteiger partial charge in [-0.1, -0.05) is 51.1 Å². The second-order valence-corrected chi connectivity index (χ2v) is 10.0. The molecule has 0 atom stereocenters. The lowest BCUT2D eigenvalue weighted by Gasteiger charge is -2.24. The average Bonchev–Trinajstić information content (AvgIpc) is 2.69. The Morgan fingerprint density at radius 1 is 1.00 bits per heavy atom. The van der Waals surface area contributed by atoms with E-state index in [0.29, 0.717) is 18.0 Å². The first-order valence-corrected chi connectivity index (χ1v) is 12.1. The molecule has 0 heterocycles. The maximum atomic E-state index is 12.5. The van der Waals surface area contributed by atoms with Crippen LogP contribution in [-0.2, 0) is 20.2 Å². The maximum absolute atomic E-state index is 12.5. The summed E-state index contributed by atoms with van der Waals surface area (Å²) in [7, 11) is -3.69. The van der Waals surface area contributed by atoms with Crippen LogP contribution in [0, 0.1) is 0 Å². The normalized spacial score (nSPS) is 11.6. The molecule has 0 spiro atoms. The van der Waals surface area contributed by atoms with Gasteiger partial charge in [0.15, 0.2) is 0 Å². The highest BCUT2D eigenvalue weighted by molar-refractivity contribution is 7.92. The van der Waals surface area contributed by atoms with Crippen molar-refractivity contribution >= 4 is 21.6 Å². The second kappa shape index (κ2) is 10.5. The zero-order chi connectivity index (χ0) is 23.1. The van der Waals surface area contributed by atoms with Crippen LogP contribution in [0.2, 0.25) is 0 Å². The van der Waals surface area contributed by atoms with Crippen molar-refractivity contribution in [2.45, 2.75) is 33.1 Å². The second-order valence-electron chi connectivity index (χ2n) is 8.11. The van der Waals surface area contributed by atoms with E-state index in [1.807, 2.05) is 31.2 Å². The lowest BCUT2D eigenvalue weighted by Crippen LogP contribution is -2.41. The summed E-state index contributed by atoms with van der Waals surface area (Å²) in [6.45, 7) is 8.70. The number of sulfonamides is 1. The zero-order valence-corrected chi connectivity index (χ0v) is 19.7. The molecule has 0 saturated heterocycles. The summed E-state index contributed by atoms with van der Waals surface area (Å²) < 4.78 is 37.1. The van der Waals surface area contributed by atoms with E-state index >= 15 is 0 Å². The summed E-state index contributed by atoms with van der Waals surface area (Å²) in [5, 5.41) is 2.72. The van der Waals surface area contributed by atoms with Crippen LogP contribution in [0.15, 0.2) is 48.5 Å². The molecule has 0 aromatic heterocycles. The monoisotopic (exact) mass is 448 g/mol. The SMILES string of the molecule is CCOc1ccccc1N(CC(=O)NCCOc1ccccc1C(C)(C)C)S(C)(=O)=O. The molecule has 170 valence electrons. The molecule has 7 nitrogen and oxygen atoms in total. The number of amides is 1. The minimum atomic E-state index is -3.69. The van der Waals surface area contributed by atoms with Crippen molar-refractivity contribution in [1.82, 2.24) is 5.32 Å². The number of hydrogen-bond acceptors (Lipinski definition) is 5. The number of benzene rings is 2. The molecule has 8 heteroatoms. The van der Waals surface area contributed by atoms with Gasteiger partial charge in [-0.05, 0) is 36.1 Å². The lowest BCUT2D eigenvalue weighted by atomic mass is 9.86. The summed E-state index contributed by atoms with van der Waals surface area (Å²) >= 11 is 0. The minimum Gasteiger partial charge on any atom is -0.492 e. The smallest absolute Gasteiger partial charge is 0.240 e. The summed E-state index contributed by atoms with van der Waals surface area (Å²) in [6, 6.07) is 14.5. The van der Waals surface area contributed by atoms with Crippen molar-refractivity contribution in [3.63, 3.8) is 0 Å². The average molecular weight is 449 g/mol. The quantitative estimate of drug-likeness (QED) is 0.564. The Hall–Kier alpha value is -2.74. The van der Waals surface area contributed by atoms with Gasteiger partial charge in [-0.25, -0.2) is 8.42 Å². The van der Waals surface area contributed by atoms with E-state index in [9.17, 15) is 13.2 Å². The molecule has 2 aromatic rings. The molecule has 2 rings (SSSR count). The summed E-state index contributed by atoms with van der Waals surface area (Å²) in [5.74, 6) is 0.752. The van der Waals surface area contributed by atoms with Gasteiger partial charge in [0.2, 0.25) is 15.9 Å². The first-order valence-electron chi connectivity index (χ1n) is 10.2. The van der Waals surface area contributed by atoms with E-state index < -0.39 is 15.9 Å². The predicted octanol–water partition coefficient (Wildman–Crippen LogP) is 3.34. The molecule has 0 aliphatic carbocycles. The molecule has 1 N–H and O–H groups in total. The highest BCUT2D eigenvalue weighted by Crippen LogP contribution is 2.31. The van der Waals surface area contributed by atoms with Crippen LogP contribution >= 0.6 is 0 Å². The van der Waals surface area contributed by atoms with Gasteiger partial charge in [0.25, 0.3) is 0 Å². The van der Waals surface area contributed by atoms with Crippen LogP contribution in [0.25, 0.3) is 0 Å². The third-order valence-electron chi connectivity index (χ3n) is 4.50. The van der Waals surface area contributed by atoms with Crippen LogP contribution in [0.1, 0.15) is 33.3 Å². The van der Waals surface area contributed by atoms with Crippen molar-refractivity contribution < 1.29 is 22.7 Å². The van der Waals surface area contributed by atoms with Crippen molar-refractivity contribution in [1.29, 1.82) is 0 Å². The zero-order valence-electron chi connectivity index (χ0n) is 18.8. The Balaban J connectivity index is 2.00.